The van der Waals surface area contributed by atoms with Crippen LogP contribution in [-0.4, -0.2) is 64.6 Å². The van der Waals surface area contributed by atoms with Crippen LogP contribution in [0.25, 0.3) is 0 Å². The van der Waals surface area contributed by atoms with Crippen molar-refractivity contribution in [2.75, 3.05) is 19.7 Å². The van der Waals surface area contributed by atoms with Gasteiger partial charge >= 0.3 is 6.61 Å². The quantitative estimate of drug-likeness (QED) is 0.847. The lowest BCUT2D eigenvalue weighted by molar-refractivity contribution is -0.221. The summed E-state index contributed by atoms with van der Waals surface area (Å²) in [5.41, 5.74) is -1.73. The average Bonchev–Trinajstić information content (AvgIpc) is 2.58. The lowest BCUT2D eigenvalue weighted by atomic mass is 9.76. The zero-order valence-electron chi connectivity index (χ0n) is 14.5. The van der Waals surface area contributed by atoms with Crippen LogP contribution < -0.4 is 4.74 Å². The number of ether oxygens (including phenoxy) is 2. The molecule has 2 atom stereocenters. The molecule has 1 amide bonds. The lowest BCUT2D eigenvalue weighted by Gasteiger charge is -2.49. The van der Waals surface area contributed by atoms with E-state index in [9.17, 15) is 23.8 Å². The number of aliphatic hydroxyl groups excluding tert-OH is 1. The number of benzene rings is 1. The summed E-state index contributed by atoms with van der Waals surface area (Å²) in [6.45, 7) is -0.635. The molecule has 3 rings (SSSR count). The summed E-state index contributed by atoms with van der Waals surface area (Å²) in [7, 11) is 0. The van der Waals surface area contributed by atoms with Crippen LogP contribution in [0.3, 0.4) is 0 Å². The van der Waals surface area contributed by atoms with Gasteiger partial charge in [-0.3, -0.25) is 4.79 Å². The number of para-hydroxylation sites is 1. The number of carbonyl (C=O) groups excluding carboxylic acids is 1. The number of alkyl halides is 2. The maximum atomic E-state index is 12.7. The number of hydrogen-bond acceptors (Lipinski definition) is 5. The first-order valence-corrected chi connectivity index (χ1v) is 8.60. The Morgan fingerprint density at radius 1 is 1.35 bits per heavy atom. The number of aliphatic hydroxyl groups is 2. The second-order valence-electron chi connectivity index (χ2n) is 7.21. The fraction of sp³-hybridized carbons (Fsp3) is 0.611. The van der Waals surface area contributed by atoms with Crippen LogP contribution in [0.2, 0.25) is 0 Å². The summed E-state index contributed by atoms with van der Waals surface area (Å²) in [6.07, 6.45) is 0.346. The van der Waals surface area contributed by atoms with E-state index in [1.54, 1.807) is 17.9 Å². The van der Waals surface area contributed by atoms with Crippen molar-refractivity contribution in [3.63, 3.8) is 0 Å². The predicted molar refractivity (Wildman–Crippen MR) is 88.1 cm³/mol. The minimum Gasteiger partial charge on any atom is -0.434 e. The van der Waals surface area contributed by atoms with Gasteiger partial charge in [-0.15, -0.1) is 0 Å². The van der Waals surface area contributed by atoms with E-state index in [0.29, 0.717) is 25.9 Å². The normalized spacial score (nSPS) is 28.4. The molecule has 1 aromatic rings. The highest BCUT2D eigenvalue weighted by Crippen LogP contribution is 2.40. The number of likely N-dealkylation sites (tertiary alicyclic amines) is 1. The summed E-state index contributed by atoms with van der Waals surface area (Å²) in [4.78, 5) is 14.3. The first kappa shape index (κ1) is 19.0. The number of amides is 1. The Bertz CT molecular complexity index is 659. The zero-order valence-corrected chi connectivity index (χ0v) is 14.5. The first-order valence-electron chi connectivity index (χ1n) is 8.60. The molecule has 0 unspecified atom stereocenters. The van der Waals surface area contributed by atoms with Crippen LogP contribution in [0, 0.1) is 0 Å². The summed E-state index contributed by atoms with van der Waals surface area (Å²) < 4.78 is 35.3. The van der Waals surface area contributed by atoms with Crippen molar-refractivity contribution < 1.29 is 33.3 Å². The van der Waals surface area contributed by atoms with Gasteiger partial charge in [0.05, 0.1) is 23.4 Å². The minimum absolute atomic E-state index is 0.0476. The molecule has 2 aliphatic heterocycles. The topological polar surface area (TPSA) is 79.2 Å². The molecule has 0 aromatic heterocycles. The van der Waals surface area contributed by atoms with Crippen LogP contribution in [0.15, 0.2) is 24.3 Å². The molecule has 2 N–H and O–H groups in total. The van der Waals surface area contributed by atoms with E-state index in [-0.39, 0.29) is 30.2 Å². The molecular weight excluding hydrogens is 348 g/mol. The number of piperidine rings is 1. The maximum absolute atomic E-state index is 12.7. The monoisotopic (exact) mass is 371 g/mol. The number of carbonyl (C=O) groups is 1. The molecule has 8 heteroatoms. The van der Waals surface area contributed by atoms with Gasteiger partial charge in [-0.25, -0.2) is 0 Å². The van der Waals surface area contributed by atoms with Gasteiger partial charge < -0.3 is 24.6 Å². The van der Waals surface area contributed by atoms with Crippen LogP contribution in [0.1, 0.15) is 36.5 Å². The third-order valence-corrected chi connectivity index (χ3v) is 5.24. The first-order chi connectivity index (χ1) is 12.2. The molecule has 0 bridgehead atoms. The van der Waals surface area contributed by atoms with Crippen LogP contribution in [0.5, 0.6) is 5.75 Å². The van der Waals surface area contributed by atoms with E-state index in [1.165, 1.54) is 18.2 Å². The van der Waals surface area contributed by atoms with Gasteiger partial charge in [-0.2, -0.15) is 8.78 Å². The molecule has 0 saturated carbocycles. The zero-order chi connectivity index (χ0) is 18.9. The summed E-state index contributed by atoms with van der Waals surface area (Å²) in [6, 6.07) is 5.93. The van der Waals surface area contributed by atoms with E-state index >= 15 is 0 Å². The van der Waals surface area contributed by atoms with Gasteiger partial charge in [0, 0.05) is 19.5 Å². The lowest BCUT2D eigenvalue weighted by Crippen LogP contribution is -2.59. The number of nitrogens with zero attached hydrogens (tertiary/aromatic N) is 1. The fourth-order valence-electron chi connectivity index (χ4n) is 3.71. The third kappa shape index (κ3) is 3.82. The maximum Gasteiger partial charge on any atom is 0.387 e. The Morgan fingerprint density at radius 2 is 2.00 bits per heavy atom. The van der Waals surface area contributed by atoms with Gasteiger partial charge in [-0.05, 0) is 31.9 Å². The van der Waals surface area contributed by atoms with Crippen molar-refractivity contribution in [2.24, 2.45) is 0 Å². The highest BCUT2D eigenvalue weighted by atomic mass is 19.3. The molecule has 2 saturated heterocycles. The summed E-state index contributed by atoms with van der Waals surface area (Å²) >= 11 is 0. The predicted octanol–water partition coefficient (Wildman–Crippen LogP) is 1.80. The van der Waals surface area contributed by atoms with Gasteiger partial charge in [0.1, 0.15) is 11.9 Å². The minimum atomic E-state index is -3.00. The number of hydrogen-bond donors (Lipinski definition) is 2. The Morgan fingerprint density at radius 3 is 2.62 bits per heavy atom. The van der Waals surface area contributed by atoms with E-state index in [0.717, 1.165) is 0 Å². The van der Waals surface area contributed by atoms with Gasteiger partial charge in [0.2, 0.25) is 0 Å². The van der Waals surface area contributed by atoms with Crippen molar-refractivity contribution >= 4 is 5.91 Å². The summed E-state index contributed by atoms with van der Waals surface area (Å²) in [5.74, 6) is -0.522. The molecular formula is C18H23F2NO5. The molecule has 0 aliphatic carbocycles. The third-order valence-electron chi connectivity index (χ3n) is 5.24. The van der Waals surface area contributed by atoms with Crippen molar-refractivity contribution in [2.45, 2.75) is 50.1 Å². The van der Waals surface area contributed by atoms with Crippen molar-refractivity contribution in [3.8, 4) is 5.75 Å². The molecule has 2 aliphatic rings. The number of rotatable bonds is 3. The second-order valence-corrected chi connectivity index (χ2v) is 7.21. The molecule has 2 fully saturated rings. The summed E-state index contributed by atoms with van der Waals surface area (Å²) in [5, 5.41) is 20.2. The highest BCUT2D eigenvalue weighted by Gasteiger charge is 2.49. The Hall–Kier alpha value is -1.77. The number of halogens is 2. The van der Waals surface area contributed by atoms with Crippen molar-refractivity contribution in [3.05, 3.63) is 29.8 Å². The Labute approximate surface area is 150 Å². The van der Waals surface area contributed by atoms with Crippen LogP contribution >= 0.6 is 0 Å². The highest BCUT2D eigenvalue weighted by molar-refractivity contribution is 5.97. The fourth-order valence-corrected chi connectivity index (χ4v) is 3.71. The van der Waals surface area contributed by atoms with E-state index in [2.05, 4.69) is 4.74 Å². The van der Waals surface area contributed by atoms with Crippen molar-refractivity contribution in [1.82, 2.24) is 4.90 Å². The van der Waals surface area contributed by atoms with Gasteiger partial charge in [0.15, 0.2) is 0 Å². The molecule has 0 radical (unpaired) electrons. The molecule has 1 aromatic carbocycles. The van der Waals surface area contributed by atoms with Gasteiger partial charge in [-0.1, -0.05) is 12.1 Å². The molecule has 1 spiro atoms. The van der Waals surface area contributed by atoms with Gasteiger partial charge in [0.25, 0.3) is 5.91 Å². The van der Waals surface area contributed by atoms with E-state index < -0.39 is 23.9 Å². The largest absolute Gasteiger partial charge is 0.434 e. The second kappa shape index (κ2) is 7.09. The van der Waals surface area contributed by atoms with Crippen molar-refractivity contribution in [1.29, 1.82) is 0 Å². The van der Waals surface area contributed by atoms with Crippen LogP contribution in [0.4, 0.5) is 8.78 Å². The molecule has 6 nitrogen and oxygen atoms in total. The smallest absolute Gasteiger partial charge is 0.387 e. The standard InChI is InChI=1S/C18H23F2NO5/c1-17(24)11-18(25-10-14(17)22)6-8-21(9-7-18)15(23)12-4-2-3-5-13(12)26-16(19)20/h2-5,14,16,22,24H,6-11H2,1H3/t14-,17-/m0/s1. The molecule has 26 heavy (non-hydrogen) atoms. The molecule has 2 heterocycles. The Balaban J connectivity index is 1.68. The molecule has 144 valence electrons. The van der Waals surface area contributed by atoms with E-state index in [4.69, 9.17) is 4.74 Å². The average molecular weight is 371 g/mol. The van der Waals surface area contributed by atoms with Crippen LogP contribution in [-0.2, 0) is 4.74 Å². The van der Waals surface area contributed by atoms with E-state index in [1.807, 2.05) is 0 Å². The SMILES string of the molecule is C[C@]1(O)CC2(CCN(C(=O)c3ccccc3OC(F)F)CC2)OC[C@@H]1O. The Kier molecular flexibility index (Phi) is 5.18.